The summed E-state index contributed by atoms with van der Waals surface area (Å²) in [4.78, 5) is 12.1. The third kappa shape index (κ3) is 5.68. The molecule has 0 bridgehead atoms. The van der Waals surface area contributed by atoms with Crippen LogP contribution in [0.15, 0.2) is 60.7 Å². The summed E-state index contributed by atoms with van der Waals surface area (Å²) in [6.07, 6.45) is 0. The zero-order chi connectivity index (χ0) is 16.7. The summed E-state index contributed by atoms with van der Waals surface area (Å²) in [5.41, 5.74) is 2.38. The number of amides is 1. The molecule has 0 aromatic heterocycles. The predicted octanol–water partition coefficient (Wildman–Crippen LogP) is 4.35. The molecule has 0 unspecified atom stereocenters. The van der Waals surface area contributed by atoms with Gasteiger partial charge in [-0.25, -0.2) is 0 Å². The standard InChI is InChI=1S/C18H19ClN2O2/c1-13(2)12-23-17-6-4-3-5-16(17)21-18(22)11-20-15-9-7-14(19)8-10-15/h3-10,20H,1,11-12H2,2H3,(H,21,22). The van der Waals surface area contributed by atoms with Crippen LogP contribution in [0, 0.1) is 0 Å². The molecular formula is C18H19ClN2O2. The van der Waals surface area contributed by atoms with Gasteiger partial charge in [-0.2, -0.15) is 0 Å². The molecule has 23 heavy (non-hydrogen) atoms. The van der Waals surface area contributed by atoms with E-state index in [1.165, 1.54) is 0 Å². The number of hydrogen-bond acceptors (Lipinski definition) is 3. The van der Waals surface area contributed by atoms with Crippen LogP contribution in [0.5, 0.6) is 5.75 Å². The van der Waals surface area contributed by atoms with Gasteiger partial charge in [0.25, 0.3) is 0 Å². The summed E-state index contributed by atoms with van der Waals surface area (Å²) in [6.45, 7) is 6.25. The Balaban J connectivity index is 1.92. The first-order valence-electron chi connectivity index (χ1n) is 7.20. The van der Waals surface area contributed by atoms with Crippen LogP contribution in [0.4, 0.5) is 11.4 Å². The molecule has 0 fully saturated rings. The molecule has 2 aromatic rings. The molecule has 0 radical (unpaired) electrons. The van der Waals surface area contributed by atoms with Crippen molar-refractivity contribution < 1.29 is 9.53 Å². The average molecular weight is 331 g/mol. The zero-order valence-electron chi connectivity index (χ0n) is 12.9. The van der Waals surface area contributed by atoms with E-state index in [-0.39, 0.29) is 12.5 Å². The minimum atomic E-state index is -0.161. The van der Waals surface area contributed by atoms with Crippen molar-refractivity contribution in [3.63, 3.8) is 0 Å². The summed E-state index contributed by atoms with van der Waals surface area (Å²) in [7, 11) is 0. The van der Waals surface area contributed by atoms with Crippen LogP contribution >= 0.6 is 11.6 Å². The Bertz CT molecular complexity index is 684. The predicted molar refractivity (Wildman–Crippen MR) is 95.3 cm³/mol. The number of para-hydroxylation sites is 2. The summed E-state index contributed by atoms with van der Waals surface area (Å²) in [5.74, 6) is 0.460. The van der Waals surface area contributed by atoms with Crippen LogP contribution < -0.4 is 15.4 Å². The number of nitrogens with one attached hydrogen (secondary N) is 2. The van der Waals surface area contributed by atoms with E-state index in [1.54, 1.807) is 18.2 Å². The molecule has 0 spiro atoms. The van der Waals surface area contributed by atoms with Gasteiger partial charge < -0.3 is 15.4 Å². The number of benzene rings is 2. The number of hydrogen-bond donors (Lipinski definition) is 2. The second kappa shape index (κ2) is 8.25. The smallest absolute Gasteiger partial charge is 0.243 e. The molecule has 5 heteroatoms. The second-order valence-corrected chi connectivity index (χ2v) is 5.59. The highest BCUT2D eigenvalue weighted by Gasteiger charge is 2.07. The molecule has 2 aromatic carbocycles. The maximum atomic E-state index is 12.1. The van der Waals surface area contributed by atoms with Crippen molar-refractivity contribution in [1.82, 2.24) is 0 Å². The van der Waals surface area contributed by atoms with Crippen LogP contribution in [0.1, 0.15) is 6.92 Å². The summed E-state index contributed by atoms with van der Waals surface area (Å²) in [6, 6.07) is 14.5. The molecule has 1 amide bonds. The fraction of sp³-hybridized carbons (Fsp3) is 0.167. The first kappa shape index (κ1) is 16.9. The van der Waals surface area contributed by atoms with E-state index in [9.17, 15) is 4.79 Å². The summed E-state index contributed by atoms with van der Waals surface area (Å²) < 4.78 is 5.63. The van der Waals surface area contributed by atoms with E-state index in [0.29, 0.717) is 23.1 Å². The number of carbonyl (C=O) groups excluding carboxylic acids is 1. The van der Waals surface area contributed by atoms with Gasteiger partial charge in [-0.1, -0.05) is 30.3 Å². The fourth-order valence-electron chi connectivity index (χ4n) is 1.84. The van der Waals surface area contributed by atoms with Gasteiger partial charge in [-0.3, -0.25) is 4.79 Å². The van der Waals surface area contributed by atoms with Gasteiger partial charge >= 0.3 is 0 Å². The highest BCUT2D eigenvalue weighted by atomic mass is 35.5. The SMILES string of the molecule is C=C(C)COc1ccccc1NC(=O)CNc1ccc(Cl)cc1. The highest BCUT2D eigenvalue weighted by Crippen LogP contribution is 2.24. The number of rotatable bonds is 7. The lowest BCUT2D eigenvalue weighted by atomic mass is 10.3. The molecule has 0 aliphatic rings. The van der Waals surface area contributed by atoms with E-state index in [2.05, 4.69) is 17.2 Å². The Morgan fingerprint density at radius 3 is 2.57 bits per heavy atom. The first-order valence-corrected chi connectivity index (χ1v) is 7.58. The van der Waals surface area contributed by atoms with Gasteiger partial charge in [0.1, 0.15) is 12.4 Å². The minimum Gasteiger partial charge on any atom is -0.487 e. The molecular weight excluding hydrogens is 312 g/mol. The second-order valence-electron chi connectivity index (χ2n) is 5.15. The molecule has 2 N–H and O–H groups in total. The van der Waals surface area contributed by atoms with E-state index in [1.807, 2.05) is 37.3 Å². The number of carbonyl (C=O) groups is 1. The van der Waals surface area contributed by atoms with Crippen LogP contribution in [0.25, 0.3) is 0 Å². The van der Waals surface area contributed by atoms with E-state index >= 15 is 0 Å². The molecule has 0 saturated heterocycles. The highest BCUT2D eigenvalue weighted by molar-refractivity contribution is 6.30. The van der Waals surface area contributed by atoms with Crippen molar-refractivity contribution in [1.29, 1.82) is 0 Å². The Morgan fingerprint density at radius 2 is 1.87 bits per heavy atom. The maximum Gasteiger partial charge on any atom is 0.243 e. The van der Waals surface area contributed by atoms with Gasteiger partial charge in [0.2, 0.25) is 5.91 Å². The normalized spacial score (nSPS) is 10.0. The van der Waals surface area contributed by atoms with E-state index in [0.717, 1.165) is 11.3 Å². The fourth-order valence-corrected chi connectivity index (χ4v) is 1.97. The van der Waals surface area contributed by atoms with E-state index < -0.39 is 0 Å². The molecule has 4 nitrogen and oxygen atoms in total. The van der Waals surface area contributed by atoms with Crippen molar-refractivity contribution in [2.24, 2.45) is 0 Å². The molecule has 0 saturated carbocycles. The summed E-state index contributed by atoms with van der Waals surface area (Å²) in [5, 5.41) is 6.53. The molecule has 2 rings (SSSR count). The van der Waals surface area contributed by atoms with E-state index in [4.69, 9.17) is 16.3 Å². The Labute approximate surface area is 141 Å². The van der Waals surface area contributed by atoms with Crippen molar-refractivity contribution in [2.45, 2.75) is 6.92 Å². The monoisotopic (exact) mass is 330 g/mol. The number of ether oxygens (including phenoxy) is 1. The zero-order valence-corrected chi connectivity index (χ0v) is 13.7. The Morgan fingerprint density at radius 1 is 1.17 bits per heavy atom. The van der Waals surface area contributed by atoms with Crippen molar-refractivity contribution in [2.75, 3.05) is 23.8 Å². The van der Waals surface area contributed by atoms with Crippen molar-refractivity contribution >= 4 is 28.9 Å². The lowest BCUT2D eigenvalue weighted by Crippen LogP contribution is -2.22. The topological polar surface area (TPSA) is 50.4 Å². The van der Waals surface area contributed by atoms with Crippen LogP contribution in [-0.2, 0) is 4.79 Å². The van der Waals surface area contributed by atoms with Gasteiger partial charge in [0.05, 0.1) is 12.2 Å². The molecule has 0 aliphatic heterocycles. The van der Waals surface area contributed by atoms with Crippen LogP contribution in [0.2, 0.25) is 5.02 Å². The maximum absolute atomic E-state index is 12.1. The minimum absolute atomic E-state index is 0.149. The molecule has 120 valence electrons. The van der Waals surface area contributed by atoms with Crippen LogP contribution in [-0.4, -0.2) is 19.1 Å². The number of anilines is 2. The third-order valence-corrected chi connectivity index (χ3v) is 3.18. The van der Waals surface area contributed by atoms with Crippen molar-refractivity contribution in [3.05, 3.63) is 65.7 Å². The number of halogens is 1. The van der Waals surface area contributed by atoms with Gasteiger partial charge in [-0.15, -0.1) is 0 Å². The van der Waals surface area contributed by atoms with Gasteiger partial charge in [-0.05, 0) is 48.9 Å². The Kier molecular flexibility index (Phi) is 6.06. The van der Waals surface area contributed by atoms with Gasteiger partial charge in [0.15, 0.2) is 0 Å². The Hall–Kier alpha value is -2.46. The van der Waals surface area contributed by atoms with Gasteiger partial charge in [0, 0.05) is 10.7 Å². The largest absolute Gasteiger partial charge is 0.487 e. The first-order chi connectivity index (χ1) is 11.0. The third-order valence-electron chi connectivity index (χ3n) is 2.93. The molecule has 0 heterocycles. The molecule has 0 atom stereocenters. The lowest BCUT2D eigenvalue weighted by Gasteiger charge is -2.13. The quantitative estimate of drug-likeness (QED) is 0.742. The average Bonchev–Trinajstić information content (AvgIpc) is 2.53. The summed E-state index contributed by atoms with van der Waals surface area (Å²) >= 11 is 5.82. The van der Waals surface area contributed by atoms with Crippen LogP contribution in [0.3, 0.4) is 0 Å². The van der Waals surface area contributed by atoms with Crippen molar-refractivity contribution in [3.8, 4) is 5.75 Å². The lowest BCUT2D eigenvalue weighted by molar-refractivity contribution is -0.114. The molecule has 0 aliphatic carbocycles.